The average Bonchev–Trinajstić information content (AvgIpc) is 2.99. The normalized spacial score (nSPS) is 15.0. The van der Waals surface area contributed by atoms with Gasteiger partial charge in [-0.1, -0.05) is 6.07 Å². The molecule has 0 aliphatic carbocycles. The van der Waals surface area contributed by atoms with E-state index in [1.807, 2.05) is 0 Å². The third-order valence-electron chi connectivity index (χ3n) is 4.19. The van der Waals surface area contributed by atoms with Crippen LogP contribution in [0.3, 0.4) is 0 Å². The smallest absolute Gasteiger partial charge is 0.416 e. The van der Waals surface area contributed by atoms with Gasteiger partial charge in [0.05, 0.1) is 18.4 Å². The summed E-state index contributed by atoms with van der Waals surface area (Å²) in [5, 5.41) is 0. The Morgan fingerprint density at radius 2 is 1.69 bits per heavy atom. The summed E-state index contributed by atoms with van der Waals surface area (Å²) in [6, 6.07) is 7.37. The first kappa shape index (κ1) is 20.6. The Balaban J connectivity index is 2.01. The molecule has 2 aromatic rings. The molecule has 0 saturated carbocycles. The van der Waals surface area contributed by atoms with Gasteiger partial charge in [0, 0.05) is 18.5 Å². The predicted molar refractivity (Wildman–Crippen MR) is 97.0 cm³/mol. The number of sulfonamides is 1. The van der Waals surface area contributed by atoms with Crippen LogP contribution < -0.4 is 14.4 Å². The Kier molecular flexibility index (Phi) is 5.26. The molecule has 29 heavy (non-hydrogen) atoms. The van der Waals surface area contributed by atoms with Crippen LogP contribution in [0, 0.1) is 0 Å². The molecule has 2 aromatic carbocycles. The second kappa shape index (κ2) is 7.39. The average molecular weight is 428 g/mol. The number of methoxy groups -OCH3 is 1. The Hall–Kier alpha value is -3.08. The second-order valence-corrected chi connectivity index (χ2v) is 7.79. The molecule has 0 spiro atoms. The molecule has 0 bridgehead atoms. The van der Waals surface area contributed by atoms with Crippen molar-refractivity contribution in [2.45, 2.75) is 23.9 Å². The lowest BCUT2D eigenvalue weighted by molar-refractivity contribution is -0.137. The van der Waals surface area contributed by atoms with Gasteiger partial charge in [-0.15, -0.1) is 0 Å². The highest BCUT2D eigenvalue weighted by atomic mass is 32.2. The first-order valence-electron chi connectivity index (χ1n) is 8.27. The van der Waals surface area contributed by atoms with Crippen LogP contribution in [0.1, 0.15) is 18.4 Å². The predicted octanol–water partition coefficient (Wildman–Crippen LogP) is 3.17. The number of anilines is 2. The van der Waals surface area contributed by atoms with Gasteiger partial charge in [-0.3, -0.25) is 19.2 Å². The molecular formula is C18H15F3N2O5S. The topological polar surface area (TPSA) is 92.8 Å². The number of hydrogen-bond donors (Lipinski definition) is 1. The lowest BCUT2D eigenvalue weighted by Gasteiger charge is -2.18. The quantitative estimate of drug-likeness (QED) is 0.739. The van der Waals surface area contributed by atoms with Gasteiger partial charge in [-0.05, 0) is 36.4 Å². The van der Waals surface area contributed by atoms with Crippen LogP contribution in [0.25, 0.3) is 0 Å². The molecule has 1 fully saturated rings. The Bertz CT molecular complexity index is 1070. The highest BCUT2D eigenvalue weighted by Crippen LogP contribution is 2.34. The van der Waals surface area contributed by atoms with Crippen LogP contribution in [0.4, 0.5) is 24.5 Å². The summed E-state index contributed by atoms with van der Waals surface area (Å²) < 4.78 is 71.3. The number of amides is 2. The van der Waals surface area contributed by atoms with E-state index in [0.29, 0.717) is 6.07 Å². The number of alkyl halides is 3. The molecule has 1 saturated heterocycles. The van der Waals surface area contributed by atoms with Gasteiger partial charge in [0.1, 0.15) is 10.6 Å². The largest absolute Gasteiger partial charge is 0.495 e. The SMILES string of the molecule is COc1ccc(N2C(=O)CCC2=O)cc1S(=O)(=O)Nc1cccc(C(F)(F)F)c1. The fourth-order valence-electron chi connectivity index (χ4n) is 2.85. The minimum atomic E-state index is -4.64. The number of ether oxygens (including phenoxy) is 1. The van der Waals surface area contributed by atoms with Crippen LogP contribution in [0.15, 0.2) is 47.4 Å². The number of benzene rings is 2. The van der Waals surface area contributed by atoms with Gasteiger partial charge < -0.3 is 4.74 Å². The standard InChI is InChI=1S/C18H15F3N2O5S/c1-28-14-6-5-13(23-16(24)7-8-17(23)25)10-15(14)29(26,27)22-12-4-2-3-11(9-12)18(19,20)21/h2-6,9-10,22H,7-8H2,1H3. The van der Waals surface area contributed by atoms with E-state index >= 15 is 0 Å². The van der Waals surface area contributed by atoms with Gasteiger partial charge >= 0.3 is 6.18 Å². The zero-order valence-corrected chi connectivity index (χ0v) is 15.8. The molecule has 0 aromatic heterocycles. The molecule has 1 aliphatic rings. The maximum absolute atomic E-state index is 12.9. The number of hydrogen-bond acceptors (Lipinski definition) is 5. The number of nitrogens with zero attached hydrogens (tertiary/aromatic N) is 1. The summed E-state index contributed by atoms with van der Waals surface area (Å²) >= 11 is 0. The van der Waals surface area contributed by atoms with Crippen molar-refractivity contribution in [1.29, 1.82) is 0 Å². The maximum Gasteiger partial charge on any atom is 0.416 e. The van der Waals surface area contributed by atoms with Crippen molar-refractivity contribution >= 4 is 33.2 Å². The summed E-state index contributed by atoms with van der Waals surface area (Å²) in [5.41, 5.74) is -1.30. The molecule has 11 heteroatoms. The first-order valence-corrected chi connectivity index (χ1v) is 9.75. The highest BCUT2D eigenvalue weighted by Gasteiger charge is 2.33. The monoisotopic (exact) mass is 428 g/mol. The van der Waals surface area contributed by atoms with Crippen molar-refractivity contribution in [3.8, 4) is 5.75 Å². The summed E-state index contributed by atoms with van der Waals surface area (Å²) in [5.74, 6) is -1.06. The Labute approximate surface area is 164 Å². The molecule has 0 unspecified atom stereocenters. The zero-order chi connectivity index (χ0) is 21.4. The fourth-order valence-corrected chi connectivity index (χ4v) is 4.09. The van der Waals surface area contributed by atoms with E-state index in [2.05, 4.69) is 4.72 Å². The lowest BCUT2D eigenvalue weighted by Crippen LogP contribution is -2.28. The third kappa shape index (κ3) is 4.19. The molecule has 3 rings (SSSR count). The number of halogens is 3. The van der Waals surface area contributed by atoms with E-state index in [9.17, 15) is 31.2 Å². The Morgan fingerprint density at radius 1 is 1.03 bits per heavy atom. The van der Waals surface area contributed by atoms with Crippen molar-refractivity contribution in [3.05, 3.63) is 48.0 Å². The molecular weight excluding hydrogens is 413 g/mol. The van der Waals surface area contributed by atoms with Crippen LogP contribution in [0.5, 0.6) is 5.75 Å². The molecule has 0 radical (unpaired) electrons. The molecule has 2 amide bonds. The first-order chi connectivity index (χ1) is 13.5. The second-order valence-electron chi connectivity index (χ2n) is 6.14. The van der Waals surface area contributed by atoms with Crippen LogP contribution in [-0.2, 0) is 25.8 Å². The molecule has 1 N–H and O–H groups in total. The number of imide groups is 1. The van der Waals surface area contributed by atoms with E-state index in [0.717, 1.165) is 29.2 Å². The summed E-state index contributed by atoms with van der Waals surface area (Å²) in [6.07, 6.45) is -4.62. The van der Waals surface area contributed by atoms with Gasteiger partial charge in [-0.2, -0.15) is 13.2 Å². The molecule has 1 heterocycles. The van der Waals surface area contributed by atoms with Gasteiger partial charge in [-0.25, -0.2) is 8.42 Å². The van der Waals surface area contributed by atoms with Crippen molar-refractivity contribution in [2.24, 2.45) is 0 Å². The van der Waals surface area contributed by atoms with Crippen molar-refractivity contribution in [2.75, 3.05) is 16.7 Å². The van der Waals surface area contributed by atoms with Crippen molar-refractivity contribution in [3.63, 3.8) is 0 Å². The Morgan fingerprint density at radius 3 is 2.28 bits per heavy atom. The molecule has 0 atom stereocenters. The highest BCUT2D eigenvalue weighted by molar-refractivity contribution is 7.92. The summed E-state index contributed by atoms with van der Waals surface area (Å²) in [6.45, 7) is 0. The zero-order valence-electron chi connectivity index (χ0n) is 15.0. The van der Waals surface area contributed by atoms with E-state index in [4.69, 9.17) is 4.74 Å². The summed E-state index contributed by atoms with van der Waals surface area (Å²) in [4.78, 5) is 24.3. The van der Waals surface area contributed by atoms with Gasteiger partial charge in [0.25, 0.3) is 10.0 Å². The van der Waals surface area contributed by atoms with Gasteiger partial charge in [0.15, 0.2) is 0 Å². The number of nitrogens with one attached hydrogen (secondary N) is 1. The van der Waals surface area contributed by atoms with Gasteiger partial charge in [0.2, 0.25) is 11.8 Å². The molecule has 154 valence electrons. The molecule has 1 aliphatic heterocycles. The third-order valence-corrected chi connectivity index (χ3v) is 5.59. The minimum absolute atomic E-state index is 0.00936. The van der Waals surface area contributed by atoms with E-state index in [1.54, 1.807) is 0 Å². The summed E-state index contributed by atoms with van der Waals surface area (Å²) in [7, 11) is -3.18. The van der Waals surface area contributed by atoms with Crippen LogP contribution >= 0.6 is 0 Å². The van der Waals surface area contributed by atoms with Crippen molar-refractivity contribution in [1.82, 2.24) is 0 Å². The number of carbonyl (C=O) groups is 2. The van der Waals surface area contributed by atoms with E-state index < -0.39 is 38.5 Å². The van der Waals surface area contributed by atoms with Crippen LogP contribution in [0.2, 0.25) is 0 Å². The lowest BCUT2D eigenvalue weighted by atomic mass is 10.2. The minimum Gasteiger partial charge on any atom is -0.495 e. The van der Waals surface area contributed by atoms with E-state index in [-0.39, 0.29) is 30.0 Å². The van der Waals surface area contributed by atoms with Crippen LogP contribution in [-0.4, -0.2) is 27.3 Å². The van der Waals surface area contributed by atoms with E-state index in [1.165, 1.54) is 19.2 Å². The van der Waals surface area contributed by atoms with Crippen molar-refractivity contribution < 1.29 is 35.9 Å². The number of carbonyl (C=O) groups excluding carboxylic acids is 2. The fraction of sp³-hybridized carbons (Fsp3) is 0.222. The maximum atomic E-state index is 12.9. The number of rotatable bonds is 5. The molecule has 7 nitrogen and oxygen atoms in total.